The number of hydrogen-bond acceptors (Lipinski definition) is 7. The number of piperidine rings is 1. The van der Waals surface area contributed by atoms with Crippen molar-refractivity contribution < 1.29 is 18.7 Å². The van der Waals surface area contributed by atoms with Crippen molar-refractivity contribution in [1.82, 2.24) is 29.3 Å². The molecule has 1 amide bonds. The van der Waals surface area contributed by atoms with Gasteiger partial charge in [0.1, 0.15) is 23.5 Å². The molecular formula is C24H21F2N7O2S. The Hall–Kier alpha value is -3.82. The van der Waals surface area contributed by atoms with Crippen LogP contribution < -0.4 is 0 Å². The summed E-state index contributed by atoms with van der Waals surface area (Å²) >= 11 is 0.982. The van der Waals surface area contributed by atoms with Crippen LogP contribution in [0, 0.1) is 29.9 Å². The Morgan fingerprint density at radius 2 is 2.11 bits per heavy atom. The molecule has 184 valence electrons. The summed E-state index contributed by atoms with van der Waals surface area (Å²) in [6.07, 6.45) is 7.52. The summed E-state index contributed by atoms with van der Waals surface area (Å²) in [7, 11) is 0. The lowest BCUT2D eigenvalue weighted by atomic mass is 10.0. The van der Waals surface area contributed by atoms with Crippen molar-refractivity contribution in [3.05, 3.63) is 59.8 Å². The molecule has 1 unspecified atom stereocenters. The largest absolute Gasteiger partial charge is 0.387 e. The Balaban J connectivity index is 1.55. The number of hydrogen-bond donors (Lipinski definition) is 1. The molecule has 0 radical (unpaired) electrons. The fourth-order valence-electron chi connectivity index (χ4n) is 4.53. The van der Waals surface area contributed by atoms with Gasteiger partial charge in [-0.05, 0) is 25.8 Å². The summed E-state index contributed by atoms with van der Waals surface area (Å²) in [5.41, 5.74) is 3.23. The van der Waals surface area contributed by atoms with Gasteiger partial charge in [-0.3, -0.25) is 9.48 Å². The van der Waals surface area contributed by atoms with E-state index in [9.17, 15) is 23.9 Å². The Morgan fingerprint density at radius 1 is 1.28 bits per heavy atom. The minimum absolute atomic E-state index is 0.0243. The van der Waals surface area contributed by atoms with E-state index in [0.717, 1.165) is 53.7 Å². The van der Waals surface area contributed by atoms with Gasteiger partial charge in [-0.15, -0.1) is 0 Å². The lowest BCUT2D eigenvalue weighted by Crippen LogP contribution is -2.42. The van der Waals surface area contributed by atoms with E-state index in [2.05, 4.69) is 21.3 Å². The van der Waals surface area contributed by atoms with Crippen LogP contribution in [0.25, 0.3) is 16.6 Å². The second kappa shape index (κ2) is 9.67. The van der Waals surface area contributed by atoms with Gasteiger partial charge >= 0.3 is 0 Å². The Labute approximate surface area is 209 Å². The highest BCUT2D eigenvalue weighted by Gasteiger charge is 2.27. The molecule has 36 heavy (non-hydrogen) atoms. The maximum Gasteiger partial charge on any atom is 0.248 e. The van der Waals surface area contributed by atoms with Gasteiger partial charge in [0.15, 0.2) is 5.82 Å². The van der Waals surface area contributed by atoms with Gasteiger partial charge in [0.25, 0.3) is 0 Å². The number of carbonyl (C=O) groups is 1. The van der Waals surface area contributed by atoms with Crippen LogP contribution in [-0.2, 0) is 4.79 Å². The molecule has 0 saturated carbocycles. The molecule has 0 bridgehead atoms. The molecule has 5 heterocycles. The summed E-state index contributed by atoms with van der Waals surface area (Å²) in [4.78, 5) is 18.0. The number of carbonyl (C=O) groups excluding carboxylic acids is 1. The zero-order chi connectivity index (χ0) is 25.4. The van der Waals surface area contributed by atoms with Crippen LogP contribution in [0.5, 0.6) is 0 Å². The molecule has 1 aliphatic heterocycles. The number of likely N-dealkylation sites (tertiary alicyclic amines) is 1. The van der Waals surface area contributed by atoms with Crippen molar-refractivity contribution in [2.75, 3.05) is 19.7 Å². The molecule has 4 aromatic rings. The molecule has 5 rings (SSSR count). The Bertz CT molecular complexity index is 1510. The van der Waals surface area contributed by atoms with Crippen molar-refractivity contribution in [1.29, 1.82) is 5.26 Å². The van der Waals surface area contributed by atoms with Gasteiger partial charge in [0.05, 0.1) is 35.7 Å². The average Bonchev–Trinajstić information content (AvgIpc) is 3.48. The van der Waals surface area contributed by atoms with Crippen LogP contribution in [0.15, 0.2) is 46.8 Å². The highest BCUT2D eigenvalue weighted by atomic mass is 32.2. The minimum Gasteiger partial charge on any atom is -0.387 e. The van der Waals surface area contributed by atoms with Gasteiger partial charge in [0, 0.05) is 47.1 Å². The van der Waals surface area contributed by atoms with E-state index in [1.807, 2.05) is 17.7 Å². The van der Waals surface area contributed by atoms with Crippen molar-refractivity contribution in [2.24, 2.45) is 0 Å². The van der Waals surface area contributed by atoms with Crippen molar-refractivity contribution in [3.8, 4) is 17.2 Å². The van der Waals surface area contributed by atoms with Crippen LogP contribution in [0.3, 0.4) is 0 Å². The van der Waals surface area contributed by atoms with Crippen LogP contribution >= 0.6 is 11.8 Å². The van der Waals surface area contributed by atoms with Gasteiger partial charge < -0.3 is 10.0 Å². The van der Waals surface area contributed by atoms with Gasteiger partial charge in [-0.25, -0.2) is 18.3 Å². The first-order chi connectivity index (χ1) is 17.4. The highest BCUT2D eigenvalue weighted by Crippen LogP contribution is 2.37. The van der Waals surface area contributed by atoms with Gasteiger partial charge in [-0.1, -0.05) is 11.8 Å². The first kappa shape index (κ1) is 23.9. The summed E-state index contributed by atoms with van der Waals surface area (Å²) in [6.45, 7) is 2.47. The molecule has 0 aliphatic carbocycles. The fourth-order valence-corrected chi connectivity index (χ4v) is 5.48. The molecule has 9 nitrogen and oxygen atoms in total. The van der Waals surface area contributed by atoms with Crippen LogP contribution in [0.4, 0.5) is 8.78 Å². The molecular weight excluding hydrogens is 488 g/mol. The Kier molecular flexibility index (Phi) is 6.42. The number of nitriles is 1. The number of halogens is 2. The number of nitrogens with zero attached hydrogens (tertiary/aromatic N) is 7. The predicted octanol–water partition coefficient (Wildman–Crippen LogP) is 3.36. The number of pyridine rings is 2. The number of amides is 1. The quantitative estimate of drug-likeness (QED) is 0.439. The van der Waals surface area contributed by atoms with E-state index < -0.39 is 18.2 Å². The number of aliphatic hydroxyl groups is 1. The smallest absolute Gasteiger partial charge is 0.248 e. The Morgan fingerprint density at radius 3 is 2.86 bits per heavy atom. The third-order valence-electron chi connectivity index (χ3n) is 6.26. The fraction of sp³-hybridized carbons (Fsp3) is 0.292. The molecule has 0 aromatic carbocycles. The zero-order valence-electron chi connectivity index (χ0n) is 19.2. The second-order valence-electron chi connectivity index (χ2n) is 8.48. The third-order valence-corrected chi connectivity index (χ3v) is 7.29. The SMILES string of the molecule is Cc1c(-c2cc(Sc3ncc(F)cc3F)c3c(C#N)cnn3c2)cnn1C1CCCN(C(=O)CO)C1. The average molecular weight is 510 g/mol. The van der Waals surface area contributed by atoms with E-state index in [1.165, 1.54) is 6.20 Å². The normalized spacial score (nSPS) is 15.9. The first-order valence-electron chi connectivity index (χ1n) is 11.2. The highest BCUT2D eigenvalue weighted by molar-refractivity contribution is 7.99. The molecule has 1 aliphatic rings. The monoisotopic (exact) mass is 509 g/mol. The lowest BCUT2D eigenvalue weighted by molar-refractivity contribution is -0.135. The van der Waals surface area contributed by atoms with E-state index in [4.69, 9.17) is 0 Å². The lowest BCUT2D eigenvalue weighted by Gasteiger charge is -2.33. The maximum atomic E-state index is 14.4. The standard InChI is InChI=1S/C24H21F2N7O2S/c1-14-19(10-30-33(14)18-3-2-4-31(12-18)22(35)13-34)15-5-21(23-16(7-27)8-29-32(23)11-15)36-24-20(26)6-17(25)9-28-24/h5-6,8-11,18,34H,2-4,12-13H2,1H3. The summed E-state index contributed by atoms with van der Waals surface area (Å²) in [6, 6.07) is 4.64. The number of rotatable bonds is 5. The van der Waals surface area contributed by atoms with Gasteiger partial charge in [-0.2, -0.15) is 15.5 Å². The van der Waals surface area contributed by atoms with E-state index in [0.29, 0.717) is 29.1 Å². The van der Waals surface area contributed by atoms with Crippen molar-refractivity contribution in [2.45, 2.75) is 35.7 Å². The van der Waals surface area contributed by atoms with Crippen LogP contribution in [0.2, 0.25) is 0 Å². The number of aromatic nitrogens is 5. The summed E-state index contributed by atoms with van der Waals surface area (Å²) in [5, 5.41) is 27.6. The summed E-state index contributed by atoms with van der Waals surface area (Å²) < 4.78 is 31.2. The third kappa shape index (κ3) is 4.31. The first-order valence-corrected chi connectivity index (χ1v) is 12.0. The maximum absolute atomic E-state index is 14.4. The molecule has 4 aromatic heterocycles. The van der Waals surface area contributed by atoms with Crippen molar-refractivity contribution >= 4 is 23.2 Å². The van der Waals surface area contributed by atoms with E-state index >= 15 is 0 Å². The topological polar surface area (TPSA) is 112 Å². The summed E-state index contributed by atoms with van der Waals surface area (Å²) in [5.74, 6) is -1.88. The number of fused-ring (bicyclic) bond motifs is 1. The van der Waals surface area contributed by atoms with Crippen LogP contribution in [0.1, 0.15) is 30.1 Å². The second-order valence-corrected chi connectivity index (χ2v) is 9.51. The molecule has 0 spiro atoms. The molecule has 12 heteroatoms. The molecule has 1 N–H and O–H groups in total. The van der Waals surface area contributed by atoms with Crippen molar-refractivity contribution in [3.63, 3.8) is 0 Å². The van der Waals surface area contributed by atoms with Gasteiger partial charge in [0.2, 0.25) is 5.91 Å². The van der Waals surface area contributed by atoms with E-state index in [1.54, 1.807) is 21.8 Å². The van der Waals surface area contributed by atoms with Crippen LogP contribution in [-0.4, -0.2) is 60.0 Å². The zero-order valence-corrected chi connectivity index (χ0v) is 20.0. The minimum atomic E-state index is -0.801. The molecule has 1 atom stereocenters. The molecule has 1 fully saturated rings. The molecule has 1 saturated heterocycles. The van der Waals surface area contributed by atoms with E-state index in [-0.39, 0.29) is 17.0 Å². The predicted molar refractivity (Wildman–Crippen MR) is 126 cm³/mol. The number of aliphatic hydroxyl groups excluding tert-OH is 1.